The third-order valence-corrected chi connectivity index (χ3v) is 12.6. The molecule has 2 aromatic heterocycles. The molecule has 0 bridgehead atoms. The van der Waals surface area contributed by atoms with Crippen LogP contribution in [0.15, 0.2) is 118 Å². The summed E-state index contributed by atoms with van der Waals surface area (Å²) in [5, 5.41) is 29.2. The highest BCUT2D eigenvalue weighted by Gasteiger charge is 2.35. The number of hydrogen-bond acceptors (Lipinski definition) is 8. The molecule has 12 heteroatoms. The van der Waals surface area contributed by atoms with Crippen molar-refractivity contribution in [1.82, 2.24) is 18.7 Å². The summed E-state index contributed by atoms with van der Waals surface area (Å²) < 4.78 is 6.58. The first-order chi connectivity index (χ1) is 30.4. The molecule has 0 saturated heterocycles. The summed E-state index contributed by atoms with van der Waals surface area (Å²) in [5.74, 6) is -2.26. The zero-order chi connectivity index (χ0) is 46.0. The van der Waals surface area contributed by atoms with E-state index in [1.165, 1.54) is 12.4 Å². The van der Waals surface area contributed by atoms with Crippen molar-refractivity contribution in [2.75, 3.05) is 10.6 Å². The number of carbonyl (C=O) groups excluding carboxylic acids is 2. The van der Waals surface area contributed by atoms with Gasteiger partial charge in [-0.1, -0.05) is 76.2 Å². The van der Waals surface area contributed by atoms with Crippen LogP contribution in [-0.2, 0) is 23.7 Å². The third kappa shape index (κ3) is 6.86. The number of aryl methyl sites for hydroxylation is 2. The minimum absolute atomic E-state index is 0.178. The van der Waals surface area contributed by atoms with Crippen molar-refractivity contribution in [3.8, 4) is 22.5 Å². The van der Waals surface area contributed by atoms with Crippen LogP contribution < -0.4 is 21.8 Å². The van der Waals surface area contributed by atoms with E-state index >= 15 is 0 Å². The van der Waals surface area contributed by atoms with E-state index in [4.69, 9.17) is 0 Å². The van der Waals surface area contributed by atoms with Gasteiger partial charge in [-0.3, -0.25) is 28.5 Å². The number of fused-ring (bicyclic) bond motifs is 2. The van der Waals surface area contributed by atoms with Gasteiger partial charge < -0.3 is 20.8 Å². The number of para-hydroxylation sites is 2. The van der Waals surface area contributed by atoms with E-state index in [9.17, 15) is 29.4 Å². The van der Waals surface area contributed by atoms with E-state index < -0.39 is 11.6 Å². The summed E-state index contributed by atoms with van der Waals surface area (Å²) in [7, 11) is 3.58. The predicted octanol–water partition coefficient (Wildman–Crippen LogP) is 9.49. The van der Waals surface area contributed by atoms with Crippen molar-refractivity contribution in [2.45, 2.75) is 55.4 Å². The number of Topliss-reactive ketones (excluding diaryl/α,β-unsaturated/α-hetero) is 2. The Morgan fingerprint density at radius 1 is 0.500 bits per heavy atom. The van der Waals surface area contributed by atoms with Gasteiger partial charge in [0.1, 0.15) is 11.4 Å². The lowest BCUT2D eigenvalue weighted by molar-refractivity contribution is -0.113. The minimum Gasteiger partial charge on any atom is -0.504 e. The van der Waals surface area contributed by atoms with Crippen molar-refractivity contribution in [2.24, 2.45) is 25.9 Å². The molecule has 12 nitrogen and oxygen atoms in total. The predicted molar refractivity (Wildman–Crippen MR) is 255 cm³/mol. The Balaban J connectivity index is 1.28. The maximum absolute atomic E-state index is 14.2. The minimum atomic E-state index is -0.579. The van der Waals surface area contributed by atoms with Gasteiger partial charge in [-0.15, -0.1) is 0 Å². The highest BCUT2D eigenvalue weighted by atomic mass is 16.3. The number of nitrogens with zero attached hydrogens (tertiary/aromatic N) is 4. The molecule has 0 saturated carbocycles. The molecule has 0 unspecified atom stereocenters. The lowest BCUT2D eigenvalue weighted by Gasteiger charge is -2.28. The van der Waals surface area contributed by atoms with Crippen molar-refractivity contribution < 1.29 is 19.8 Å². The summed E-state index contributed by atoms with van der Waals surface area (Å²) in [6.07, 6.45) is 2.99. The standard InChI is InChI=1S/C52H52N6O6/c1-27(2)43-39-21-29(5)35(23-37(39)41(47(59)49(43)61)25-53-45-31(7)55(9)57(51(45)63)33-17-13-11-14-18-33)36-24-38-40(22-30(36)6)44(28(3)4)50(62)48(60)42(38)26-54-46-32(8)56(10)58(52(46)64)34-19-15-12-16-20-34/h11-28,53-54,61-62H,1-10H3. The Morgan fingerprint density at radius 3 is 1.17 bits per heavy atom. The van der Waals surface area contributed by atoms with E-state index in [0.29, 0.717) is 56.2 Å². The molecule has 2 aliphatic carbocycles. The van der Waals surface area contributed by atoms with Crippen molar-refractivity contribution in [1.29, 1.82) is 0 Å². The summed E-state index contributed by atoms with van der Waals surface area (Å²) in [6.45, 7) is 15.3. The number of carbonyl (C=O) groups is 2. The Morgan fingerprint density at radius 2 is 0.844 bits per heavy atom. The van der Waals surface area contributed by atoms with E-state index in [2.05, 4.69) is 10.6 Å². The van der Waals surface area contributed by atoms with Crippen molar-refractivity contribution >= 4 is 45.2 Å². The van der Waals surface area contributed by atoms with Gasteiger partial charge in [0.2, 0.25) is 11.6 Å². The van der Waals surface area contributed by atoms with Crippen LogP contribution in [0.4, 0.5) is 11.4 Å². The van der Waals surface area contributed by atoms with Crippen LogP contribution in [0.3, 0.4) is 0 Å². The normalized spacial score (nSPS) is 15.2. The molecule has 6 aromatic rings. The Labute approximate surface area is 371 Å². The zero-order valence-corrected chi connectivity index (χ0v) is 37.7. The van der Waals surface area contributed by atoms with Gasteiger partial charge in [0.25, 0.3) is 11.1 Å². The molecule has 4 N–H and O–H groups in total. The number of nitrogens with one attached hydrogen (secondary N) is 2. The molecule has 2 heterocycles. The molecule has 0 radical (unpaired) electrons. The fourth-order valence-corrected chi connectivity index (χ4v) is 9.10. The largest absolute Gasteiger partial charge is 0.504 e. The molecule has 8 rings (SSSR count). The van der Waals surface area contributed by atoms with Gasteiger partial charge in [0, 0.05) is 48.8 Å². The van der Waals surface area contributed by atoms with Crippen LogP contribution in [0, 0.1) is 39.5 Å². The van der Waals surface area contributed by atoms with Crippen LogP contribution in [0.25, 0.3) is 44.8 Å². The number of aromatic nitrogens is 4. The van der Waals surface area contributed by atoms with Crippen LogP contribution in [0.5, 0.6) is 0 Å². The highest BCUT2D eigenvalue weighted by molar-refractivity contribution is 6.34. The second kappa shape index (κ2) is 16.3. The second-order valence-electron chi connectivity index (χ2n) is 17.2. The molecular weight excluding hydrogens is 805 g/mol. The van der Waals surface area contributed by atoms with Crippen molar-refractivity contribution in [3.63, 3.8) is 0 Å². The first-order valence-corrected chi connectivity index (χ1v) is 21.3. The number of hydrogen-bond donors (Lipinski definition) is 4. The average Bonchev–Trinajstić information content (AvgIpc) is 3.61. The van der Waals surface area contributed by atoms with Gasteiger partial charge in [0.05, 0.1) is 22.8 Å². The lowest BCUT2D eigenvalue weighted by atomic mass is 9.76. The Bertz CT molecular complexity index is 2990. The molecular formula is C52H52N6O6. The molecule has 2 aliphatic rings. The highest BCUT2D eigenvalue weighted by Crippen LogP contribution is 2.45. The number of allylic oxidation sites excluding steroid dienone is 4. The van der Waals surface area contributed by atoms with Crippen LogP contribution in [0.1, 0.15) is 72.5 Å². The van der Waals surface area contributed by atoms with E-state index in [1.54, 1.807) is 32.8 Å². The number of ketones is 2. The number of anilines is 2. The van der Waals surface area contributed by atoms with Gasteiger partial charge in [-0.25, -0.2) is 9.36 Å². The van der Waals surface area contributed by atoms with E-state index in [-0.39, 0.29) is 57.0 Å². The van der Waals surface area contributed by atoms with Crippen LogP contribution in [-0.4, -0.2) is 40.5 Å². The first kappa shape index (κ1) is 43.1. The SMILES string of the molecule is Cc1cc2c(cc1-c1cc3c(cc1C)C(C(C)C)=C(O)C(=O)C3=CNc1c(C)n(C)n(-c3ccccc3)c1=O)C(=CNc1c(C)n(C)n(-c3ccccc3)c1=O)C(=O)C(O)=C2C(C)C. The smallest absolute Gasteiger partial charge is 0.295 e. The number of rotatable bonds is 9. The van der Waals surface area contributed by atoms with Gasteiger partial charge in [-0.2, -0.15) is 0 Å². The summed E-state index contributed by atoms with van der Waals surface area (Å²) in [4.78, 5) is 56.2. The van der Waals surface area contributed by atoms with Crippen LogP contribution >= 0.6 is 0 Å². The van der Waals surface area contributed by atoms with E-state index in [0.717, 1.165) is 22.3 Å². The molecule has 4 aromatic carbocycles. The van der Waals surface area contributed by atoms with Gasteiger partial charge in [-0.05, 0) is 120 Å². The van der Waals surface area contributed by atoms with Gasteiger partial charge >= 0.3 is 0 Å². The monoisotopic (exact) mass is 856 g/mol. The quantitative estimate of drug-likeness (QED) is 0.105. The third-order valence-electron chi connectivity index (χ3n) is 12.6. The molecule has 0 aliphatic heterocycles. The molecule has 0 fully saturated rings. The second-order valence-corrected chi connectivity index (χ2v) is 17.2. The number of benzene rings is 4. The fourth-order valence-electron chi connectivity index (χ4n) is 9.10. The Kier molecular flexibility index (Phi) is 10.9. The topological polar surface area (TPSA) is 153 Å². The first-order valence-electron chi connectivity index (χ1n) is 21.3. The maximum Gasteiger partial charge on any atom is 0.295 e. The fraction of sp³-hybridized carbons (Fsp3) is 0.231. The summed E-state index contributed by atoms with van der Waals surface area (Å²) in [5.41, 5.74) is 9.78. The maximum atomic E-state index is 14.2. The Hall–Kier alpha value is -7.60. The molecule has 326 valence electrons. The van der Waals surface area contributed by atoms with Gasteiger partial charge in [0.15, 0.2) is 11.5 Å². The molecule has 0 atom stereocenters. The van der Waals surface area contributed by atoms with Crippen molar-refractivity contribution in [3.05, 3.63) is 174 Å². The number of aliphatic hydroxyl groups is 2. The molecule has 0 amide bonds. The zero-order valence-electron chi connectivity index (χ0n) is 37.7. The average molecular weight is 857 g/mol. The molecule has 64 heavy (non-hydrogen) atoms. The molecule has 0 spiro atoms. The van der Waals surface area contributed by atoms with E-state index in [1.807, 2.05) is 140 Å². The van der Waals surface area contributed by atoms with Crippen LogP contribution in [0.2, 0.25) is 0 Å². The lowest BCUT2D eigenvalue weighted by Crippen LogP contribution is -2.21. The summed E-state index contributed by atoms with van der Waals surface area (Å²) in [6, 6.07) is 26.3. The summed E-state index contributed by atoms with van der Waals surface area (Å²) >= 11 is 0. The number of aliphatic hydroxyl groups excluding tert-OH is 2.